The van der Waals surface area contributed by atoms with Gasteiger partial charge in [-0.25, -0.2) is 0 Å². The number of hydrogen-bond acceptors (Lipinski definition) is 3. The molecule has 1 aromatic rings. The van der Waals surface area contributed by atoms with E-state index in [1.54, 1.807) is 0 Å². The second kappa shape index (κ2) is 7.87. The molecule has 1 aliphatic rings. The van der Waals surface area contributed by atoms with Crippen LogP contribution in [0.15, 0.2) is 18.2 Å². The molecule has 1 heterocycles. The minimum atomic E-state index is -0.0970. The van der Waals surface area contributed by atoms with E-state index in [0.717, 1.165) is 30.9 Å². The van der Waals surface area contributed by atoms with Gasteiger partial charge < -0.3 is 14.8 Å². The molecule has 0 aromatic heterocycles. The van der Waals surface area contributed by atoms with Crippen molar-refractivity contribution in [3.05, 3.63) is 23.8 Å². The number of rotatable bonds is 8. The zero-order chi connectivity index (χ0) is 16.0. The third kappa shape index (κ3) is 3.95. The predicted octanol–water partition coefficient (Wildman–Crippen LogP) is 4.86. The van der Waals surface area contributed by atoms with E-state index < -0.39 is 0 Å². The second-order valence-electron chi connectivity index (χ2n) is 6.42. The van der Waals surface area contributed by atoms with Gasteiger partial charge in [-0.15, -0.1) is 0 Å². The highest BCUT2D eigenvalue weighted by atomic mass is 16.5. The number of nitrogens with one attached hydrogen (secondary N) is 1. The molecule has 124 valence electrons. The first-order chi connectivity index (χ1) is 10.6. The molecule has 2 atom stereocenters. The Labute approximate surface area is 135 Å². The predicted molar refractivity (Wildman–Crippen MR) is 91.8 cm³/mol. The normalized spacial score (nSPS) is 23.7. The first-order valence-corrected chi connectivity index (χ1v) is 8.81. The Hall–Kier alpha value is -1.22. The van der Waals surface area contributed by atoms with E-state index in [9.17, 15) is 0 Å². The Morgan fingerprint density at radius 1 is 1.27 bits per heavy atom. The van der Waals surface area contributed by atoms with E-state index >= 15 is 0 Å². The number of benzene rings is 1. The maximum Gasteiger partial charge on any atom is 0.128 e. The van der Waals surface area contributed by atoms with Crippen molar-refractivity contribution >= 4 is 0 Å². The Bertz CT molecular complexity index is 475. The van der Waals surface area contributed by atoms with Crippen LogP contribution >= 0.6 is 0 Å². The Morgan fingerprint density at radius 2 is 2.09 bits per heavy atom. The quantitative estimate of drug-likeness (QED) is 0.696. The third-order valence-electron chi connectivity index (χ3n) is 4.59. The molecule has 2 unspecified atom stereocenters. The summed E-state index contributed by atoms with van der Waals surface area (Å²) in [5.74, 6) is 1.95. The van der Waals surface area contributed by atoms with Crippen LogP contribution in [0.2, 0.25) is 0 Å². The minimum Gasteiger partial charge on any atom is -0.493 e. The fourth-order valence-corrected chi connectivity index (χ4v) is 3.12. The van der Waals surface area contributed by atoms with Crippen molar-refractivity contribution < 1.29 is 9.47 Å². The lowest BCUT2D eigenvalue weighted by molar-refractivity contribution is 0.0429. The van der Waals surface area contributed by atoms with Crippen LogP contribution in [0, 0.1) is 0 Å². The summed E-state index contributed by atoms with van der Waals surface area (Å²) in [6.07, 6.45) is 5.76. The van der Waals surface area contributed by atoms with Gasteiger partial charge in [0.25, 0.3) is 0 Å². The van der Waals surface area contributed by atoms with Crippen molar-refractivity contribution in [2.75, 3.05) is 13.2 Å². The summed E-state index contributed by atoms with van der Waals surface area (Å²) in [4.78, 5) is 0. The SMILES string of the molecule is CCCCCNC1CC(C)(CC)Oc2cccc(OCC)c21. The fraction of sp³-hybridized carbons (Fsp3) is 0.684. The zero-order valence-electron chi connectivity index (χ0n) is 14.6. The lowest BCUT2D eigenvalue weighted by atomic mass is 9.86. The van der Waals surface area contributed by atoms with Gasteiger partial charge in [-0.05, 0) is 45.4 Å². The lowest BCUT2D eigenvalue weighted by Gasteiger charge is -2.40. The Kier molecular flexibility index (Phi) is 6.13. The van der Waals surface area contributed by atoms with E-state index in [1.807, 2.05) is 13.0 Å². The fourth-order valence-electron chi connectivity index (χ4n) is 3.12. The minimum absolute atomic E-state index is 0.0970. The summed E-state index contributed by atoms with van der Waals surface area (Å²) in [6.45, 7) is 10.4. The molecular formula is C19H31NO2. The monoisotopic (exact) mass is 305 g/mol. The highest BCUT2D eigenvalue weighted by molar-refractivity contribution is 5.49. The van der Waals surface area contributed by atoms with E-state index in [4.69, 9.17) is 9.47 Å². The average Bonchev–Trinajstić information content (AvgIpc) is 2.51. The van der Waals surface area contributed by atoms with Gasteiger partial charge in [0, 0.05) is 12.5 Å². The van der Waals surface area contributed by atoms with Gasteiger partial charge in [-0.1, -0.05) is 32.8 Å². The van der Waals surface area contributed by atoms with Crippen LogP contribution in [0.1, 0.15) is 71.4 Å². The Morgan fingerprint density at radius 3 is 2.77 bits per heavy atom. The van der Waals surface area contributed by atoms with Gasteiger partial charge in [-0.2, -0.15) is 0 Å². The largest absolute Gasteiger partial charge is 0.493 e. The smallest absolute Gasteiger partial charge is 0.128 e. The number of hydrogen-bond donors (Lipinski definition) is 1. The third-order valence-corrected chi connectivity index (χ3v) is 4.59. The second-order valence-corrected chi connectivity index (χ2v) is 6.42. The van der Waals surface area contributed by atoms with Crippen molar-refractivity contribution in [3.63, 3.8) is 0 Å². The summed E-state index contributed by atoms with van der Waals surface area (Å²) in [6, 6.07) is 6.47. The van der Waals surface area contributed by atoms with Gasteiger partial charge >= 0.3 is 0 Å². The van der Waals surface area contributed by atoms with Crippen LogP contribution in [-0.2, 0) is 0 Å². The molecule has 0 saturated heterocycles. The van der Waals surface area contributed by atoms with E-state index in [-0.39, 0.29) is 5.60 Å². The maximum atomic E-state index is 6.29. The topological polar surface area (TPSA) is 30.5 Å². The molecule has 0 bridgehead atoms. The van der Waals surface area contributed by atoms with Crippen LogP contribution in [0.3, 0.4) is 0 Å². The highest BCUT2D eigenvalue weighted by Crippen LogP contribution is 2.45. The molecule has 0 fully saturated rings. The number of fused-ring (bicyclic) bond motifs is 1. The molecule has 0 radical (unpaired) electrons. The number of unbranched alkanes of at least 4 members (excludes halogenated alkanes) is 2. The molecule has 0 amide bonds. The molecule has 1 aromatic carbocycles. The maximum absolute atomic E-state index is 6.29. The van der Waals surface area contributed by atoms with Crippen LogP contribution in [0.4, 0.5) is 0 Å². The molecule has 2 rings (SSSR count). The molecule has 1 N–H and O–H groups in total. The molecular weight excluding hydrogens is 274 g/mol. The van der Waals surface area contributed by atoms with Gasteiger partial charge in [0.15, 0.2) is 0 Å². The summed E-state index contributed by atoms with van der Waals surface area (Å²) in [5, 5.41) is 3.74. The van der Waals surface area contributed by atoms with Crippen molar-refractivity contribution in [1.82, 2.24) is 5.32 Å². The summed E-state index contributed by atoms with van der Waals surface area (Å²) in [5.41, 5.74) is 1.10. The molecule has 22 heavy (non-hydrogen) atoms. The van der Waals surface area contributed by atoms with Gasteiger partial charge in [0.2, 0.25) is 0 Å². The first-order valence-electron chi connectivity index (χ1n) is 8.81. The lowest BCUT2D eigenvalue weighted by Crippen LogP contribution is -2.41. The van der Waals surface area contributed by atoms with E-state index in [1.165, 1.54) is 24.8 Å². The van der Waals surface area contributed by atoms with Crippen LogP contribution in [0.5, 0.6) is 11.5 Å². The molecule has 1 aliphatic heterocycles. The number of ether oxygens (including phenoxy) is 2. The molecule has 0 saturated carbocycles. The zero-order valence-corrected chi connectivity index (χ0v) is 14.6. The van der Waals surface area contributed by atoms with Crippen molar-refractivity contribution in [3.8, 4) is 11.5 Å². The van der Waals surface area contributed by atoms with Crippen molar-refractivity contribution in [1.29, 1.82) is 0 Å². The van der Waals surface area contributed by atoms with Crippen LogP contribution in [0.25, 0.3) is 0 Å². The van der Waals surface area contributed by atoms with Gasteiger partial charge in [0.1, 0.15) is 17.1 Å². The standard InChI is InChI=1S/C19H31NO2/c1-5-8-9-13-20-15-14-19(4,6-2)22-17-12-10-11-16(18(15)17)21-7-3/h10-12,15,20H,5-9,13-14H2,1-4H3. The molecule has 0 spiro atoms. The van der Waals surface area contributed by atoms with Crippen LogP contribution < -0.4 is 14.8 Å². The molecule has 0 aliphatic carbocycles. The molecule has 3 nitrogen and oxygen atoms in total. The van der Waals surface area contributed by atoms with Crippen LogP contribution in [-0.4, -0.2) is 18.8 Å². The highest BCUT2D eigenvalue weighted by Gasteiger charge is 2.37. The Balaban J connectivity index is 2.23. The first kappa shape index (κ1) is 17.1. The van der Waals surface area contributed by atoms with Gasteiger partial charge in [0.05, 0.1) is 12.2 Å². The summed E-state index contributed by atoms with van der Waals surface area (Å²) in [7, 11) is 0. The summed E-state index contributed by atoms with van der Waals surface area (Å²) < 4.78 is 12.1. The van der Waals surface area contributed by atoms with Crippen molar-refractivity contribution in [2.24, 2.45) is 0 Å². The van der Waals surface area contributed by atoms with E-state index in [2.05, 4.69) is 38.2 Å². The van der Waals surface area contributed by atoms with Gasteiger partial charge in [-0.3, -0.25) is 0 Å². The van der Waals surface area contributed by atoms with Crippen molar-refractivity contribution in [2.45, 2.75) is 71.4 Å². The average molecular weight is 305 g/mol. The summed E-state index contributed by atoms with van der Waals surface area (Å²) >= 11 is 0. The molecule has 3 heteroatoms. The van der Waals surface area contributed by atoms with E-state index in [0.29, 0.717) is 12.6 Å².